The van der Waals surface area contributed by atoms with Crippen LogP contribution in [-0.4, -0.2) is 102 Å². The Balaban J connectivity index is 1.73. The van der Waals surface area contributed by atoms with Crippen LogP contribution < -0.4 is 5.32 Å². The minimum atomic E-state index is 0.0425. The van der Waals surface area contributed by atoms with Crippen molar-refractivity contribution in [2.75, 3.05) is 79.1 Å². The number of amides is 1. The minimum Gasteiger partial charge on any atom is -0.377 e. The molecule has 1 aliphatic heterocycles. The van der Waals surface area contributed by atoms with Crippen LogP contribution in [0.3, 0.4) is 0 Å². The lowest BCUT2D eigenvalue weighted by atomic mass is 10.1. The first-order valence-electron chi connectivity index (χ1n) is 11.1. The highest BCUT2D eigenvalue weighted by molar-refractivity contribution is 5.75. The zero-order valence-electron chi connectivity index (χ0n) is 18.7. The maximum absolute atomic E-state index is 11.0. The van der Waals surface area contributed by atoms with Crippen molar-refractivity contribution in [3.63, 3.8) is 0 Å². The maximum atomic E-state index is 11.0. The van der Waals surface area contributed by atoms with Gasteiger partial charge in [-0.15, -0.1) is 0 Å². The summed E-state index contributed by atoms with van der Waals surface area (Å²) in [6, 6.07) is 0.629. The molecule has 1 rings (SSSR count). The second kappa shape index (κ2) is 18.0. The van der Waals surface area contributed by atoms with Crippen molar-refractivity contribution >= 4 is 5.91 Å². The number of carbonyl (C=O) groups excluding carboxylic acids is 1. The topological polar surface area (TPSA) is 78.5 Å². The number of nitrogens with zero attached hydrogens (tertiary/aromatic N) is 1. The molecule has 172 valence electrons. The fourth-order valence-electron chi connectivity index (χ4n) is 2.98. The van der Waals surface area contributed by atoms with E-state index >= 15 is 0 Å². The summed E-state index contributed by atoms with van der Waals surface area (Å²) in [5.41, 5.74) is 0. The number of hydrogen-bond donors (Lipinski definition) is 1. The molecule has 0 radical (unpaired) electrons. The summed E-state index contributed by atoms with van der Waals surface area (Å²) in [6.07, 6.45) is 3.10. The smallest absolute Gasteiger partial charge is 0.219 e. The molecule has 0 bridgehead atoms. The van der Waals surface area contributed by atoms with Crippen LogP contribution in [0.1, 0.15) is 40.0 Å². The van der Waals surface area contributed by atoms with Gasteiger partial charge in [-0.05, 0) is 26.7 Å². The number of carbonyl (C=O) groups is 1. The lowest BCUT2D eigenvalue weighted by Crippen LogP contribution is -2.41. The van der Waals surface area contributed by atoms with Crippen molar-refractivity contribution in [1.29, 1.82) is 0 Å². The Bertz CT molecular complexity index is 389. The molecule has 8 heteroatoms. The van der Waals surface area contributed by atoms with Crippen molar-refractivity contribution in [3.05, 3.63) is 0 Å². The van der Waals surface area contributed by atoms with Gasteiger partial charge in [0.05, 0.1) is 65.6 Å². The third-order valence-corrected chi connectivity index (χ3v) is 4.79. The first-order chi connectivity index (χ1) is 14.1. The molecule has 1 aliphatic rings. The summed E-state index contributed by atoms with van der Waals surface area (Å²) in [4.78, 5) is 13.5. The van der Waals surface area contributed by atoms with Crippen LogP contribution in [0.25, 0.3) is 0 Å². The number of hydrogen-bond acceptors (Lipinski definition) is 7. The highest BCUT2D eigenvalue weighted by Gasteiger charge is 2.20. The van der Waals surface area contributed by atoms with Crippen molar-refractivity contribution in [1.82, 2.24) is 10.2 Å². The van der Waals surface area contributed by atoms with Gasteiger partial charge in [-0.1, -0.05) is 6.92 Å². The van der Waals surface area contributed by atoms with E-state index in [-0.39, 0.29) is 5.91 Å². The van der Waals surface area contributed by atoms with E-state index in [9.17, 15) is 4.79 Å². The maximum Gasteiger partial charge on any atom is 0.219 e. The predicted octanol–water partition coefficient (Wildman–Crippen LogP) is 1.47. The predicted molar refractivity (Wildman–Crippen MR) is 112 cm³/mol. The van der Waals surface area contributed by atoms with E-state index in [2.05, 4.69) is 24.1 Å². The average Bonchev–Trinajstić information content (AvgIpc) is 2.73. The van der Waals surface area contributed by atoms with Crippen LogP contribution in [0.4, 0.5) is 0 Å². The van der Waals surface area contributed by atoms with Gasteiger partial charge in [0.25, 0.3) is 0 Å². The molecule has 1 heterocycles. The summed E-state index contributed by atoms with van der Waals surface area (Å²) in [5, 5.41) is 2.75. The quantitative estimate of drug-likeness (QED) is 0.338. The van der Waals surface area contributed by atoms with Crippen molar-refractivity contribution < 1.29 is 28.5 Å². The van der Waals surface area contributed by atoms with Crippen LogP contribution in [0.5, 0.6) is 0 Å². The van der Waals surface area contributed by atoms with Gasteiger partial charge < -0.3 is 33.9 Å². The minimum absolute atomic E-state index is 0.0425. The largest absolute Gasteiger partial charge is 0.377 e. The fourth-order valence-corrected chi connectivity index (χ4v) is 2.98. The summed E-state index contributed by atoms with van der Waals surface area (Å²) < 4.78 is 27.7. The van der Waals surface area contributed by atoms with Gasteiger partial charge >= 0.3 is 0 Å². The standard InChI is InChI=1S/C21H42N2O6/c1-4-21(24)22-7-10-25-11-12-26-13-14-27-15-16-28-17-18-29-20-5-8-23(9-6-20)19(2)3/h19-20H,4-18H2,1-3H3,(H,22,24). The van der Waals surface area contributed by atoms with E-state index in [1.54, 1.807) is 0 Å². The SMILES string of the molecule is CCC(=O)NCCOCCOCCOCCOCCOC1CCN(C(C)C)CC1. The summed E-state index contributed by atoms with van der Waals surface area (Å²) in [5.74, 6) is 0.0425. The van der Waals surface area contributed by atoms with Gasteiger partial charge in [0, 0.05) is 32.1 Å². The zero-order chi connectivity index (χ0) is 21.2. The third-order valence-electron chi connectivity index (χ3n) is 4.79. The Morgan fingerprint density at radius 2 is 1.34 bits per heavy atom. The summed E-state index contributed by atoms with van der Waals surface area (Å²) in [6.45, 7) is 14.1. The van der Waals surface area contributed by atoms with Gasteiger partial charge in [-0.2, -0.15) is 0 Å². The van der Waals surface area contributed by atoms with Crippen molar-refractivity contribution in [2.45, 2.75) is 52.2 Å². The second-order valence-corrected chi connectivity index (χ2v) is 7.35. The number of rotatable bonds is 18. The molecule has 0 aliphatic carbocycles. The highest BCUT2D eigenvalue weighted by Crippen LogP contribution is 2.15. The molecule has 0 aromatic carbocycles. The molecule has 0 spiro atoms. The van der Waals surface area contributed by atoms with E-state index < -0.39 is 0 Å². The molecule has 0 aromatic rings. The number of likely N-dealkylation sites (tertiary alicyclic amines) is 1. The van der Waals surface area contributed by atoms with E-state index in [0.717, 1.165) is 25.9 Å². The normalized spacial score (nSPS) is 15.9. The molecule has 29 heavy (non-hydrogen) atoms. The Morgan fingerprint density at radius 1 is 0.862 bits per heavy atom. The number of nitrogens with one attached hydrogen (secondary N) is 1. The van der Waals surface area contributed by atoms with E-state index in [4.69, 9.17) is 23.7 Å². The van der Waals surface area contributed by atoms with Crippen molar-refractivity contribution in [3.8, 4) is 0 Å². The molecule has 0 unspecified atom stereocenters. The van der Waals surface area contributed by atoms with Crippen LogP contribution in [-0.2, 0) is 28.5 Å². The summed E-state index contributed by atoms with van der Waals surface area (Å²) >= 11 is 0. The number of ether oxygens (including phenoxy) is 5. The molecule has 0 saturated carbocycles. The first-order valence-corrected chi connectivity index (χ1v) is 11.1. The molecule has 0 atom stereocenters. The third kappa shape index (κ3) is 14.8. The zero-order valence-corrected chi connectivity index (χ0v) is 18.7. The molecule has 1 fully saturated rings. The van der Waals surface area contributed by atoms with Crippen molar-refractivity contribution in [2.24, 2.45) is 0 Å². The second-order valence-electron chi connectivity index (χ2n) is 7.35. The van der Waals surface area contributed by atoms with Gasteiger partial charge in [0.2, 0.25) is 5.91 Å². The Hall–Kier alpha value is -0.770. The highest BCUT2D eigenvalue weighted by atomic mass is 16.6. The molecule has 0 aromatic heterocycles. The fraction of sp³-hybridized carbons (Fsp3) is 0.952. The molecular weight excluding hydrogens is 376 g/mol. The van der Waals surface area contributed by atoms with Gasteiger partial charge in [-0.3, -0.25) is 4.79 Å². The van der Waals surface area contributed by atoms with E-state index in [1.807, 2.05) is 6.92 Å². The van der Waals surface area contributed by atoms with Crippen LogP contribution in [0, 0.1) is 0 Å². The molecule has 1 saturated heterocycles. The molecule has 8 nitrogen and oxygen atoms in total. The van der Waals surface area contributed by atoms with Gasteiger partial charge in [-0.25, -0.2) is 0 Å². The first kappa shape index (κ1) is 26.3. The molecular formula is C21H42N2O6. The van der Waals surface area contributed by atoms with E-state index in [1.165, 1.54) is 0 Å². The Morgan fingerprint density at radius 3 is 1.83 bits per heavy atom. The summed E-state index contributed by atoms with van der Waals surface area (Å²) in [7, 11) is 0. The van der Waals surface area contributed by atoms with Crippen LogP contribution in [0.15, 0.2) is 0 Å². The van der Waals surface area contributed by atoms with Crippen LogP contribution in [0.2, 0.25) is 0 Å². The number of piperidine rings is 1. The average molecular weight is 419 g/mol. The lowest BCUT2D eigenvalue weighted by molar-refractivity contribution is -0.121. The van der Waals surface area contributed by atoms with Gasteiger partial charge in [0.15, 0.2) is 0 Å². The van der Waals surface area contributed by atoms with Crippen LogP contribution >= 0.6 is 0 Å². The molecule has 1 amide bonds. The molecule has 1 N–H and O–H groups in total. The Kier molecular flexibility index (Phi) is 16.3. The Labute approximate surface area is 176 Å². The van der Waals surface area contributed by atoms with Gasteiger partial charge in [0.1, 0.15) is 0 Å². The lowest BCUT2D eigenvalue weighted by Gasteiger charge is -2.34. The van der Waals surface area contributed by atoms with E-state index in [0.29, 0.717) is 84.6 Å². The monoisotopic (exact) mass is 418 g/mol.